The summed E-state index contributed by atoms with van der Waals surface area (Å²) in [6.07, 6.45) is 3.00. The van der Waals surface area contributed by atoms with Crippen LogP contribution in [0.5, 0.6) is 11.5 Å². The predicted octanol–water partition coefficient (Wildman–Crippen LogP) is 5.57. The average Bonchev–Trinajstić information content (AvgIpc) is 2.76. The van der Waals surface area contributed by atoms with Crippen molar-refractivity contribution in [2.75, 3.05) is 11.9 Å². The Bertz CT molecular complexity index is 1100. The lowest BCUT2D eigenvalue weighted by molar-refractivity contribution is -0.128. The summed E-state index contributed by atoms with van der Waals surface area (Å²) in [5.74, 6) is 0.321. The molecule has 0 radical (unpaired) electrons. The number of esters is 1. The van der Waals surface area contributed by atoms with Crippen molar-refractivity contribution < 1.29 is 19.1 Å². The highest BCUT2D eigenvalue weighted by atomic mass is 16.5. The molecule has 0 saturated carbocycles. The third-order valence-electron chi connectivity index (χ3n) is 4.59. The number of rotatable bonds is 7. The largest absolute Gasteiger partial charge is 0.493 e. The molecule has 5 heteroatoms. The molecule has 0 aromatic heterocycles. The minimum absolute atomic E-state index is 0.223. The van der Waals surface area contributed by atoms with Gasteiger partial charge in [0, 0.05) is 22.9 Å². The van der Waals surface area contributed by atoms with Gasteiger partial charge < -0.3 is 14.8 Å². The van der Waals surface area contributed by atoms with Gasteiger partial charge in [-0.2, -0.15) is 0 Å². The first-order valence-corrected chi connectivity index (χ1v) is 10.1. The molecule has 0 atom stereocenters. The van der Waals surface area contributed by atoms with Crippen LogP contribution in [-0.2, 0) is 4.79 Å². The summed E-state index contributed by atoms with van der Waals surface area (Å²) in [5, 5.41) is 2.91. The zero-order valence-electron chi connectivity index (χ0n) is 17.8. The summed E-state index contributed by atoms with van der Waals surface area (Å²) in [7, 11) is 0. The second-order valence-corrected chi connectivity index (χ2v) is 7.02. The van der Waals surface area contributed by atoms with Gasteiger partial charge in [0.15, 0.2) is 0 Å². The fourth-order valence-corrected chi connectivity index (χ4v) is 2.95. The second kappa shape index (κ2) is 10.3. The number of nitrogens with one attached hydrogen (secondary N) is 1. The lowest BCUT2D eigenvalue weighted by Gasteiger charge is -2.10. The van der Waals surface area contributed by atoms with Gasteiger partial charge in [0.2, 0.25) is 0 Å². The maximum absolute atomic E-state index is 12.5. The highest BCUT2D eigenvalue weighted by Crippen LogP contribution is 2.21. The number of carbonyl (C=O) groups is 2. The number of hydrogen-bond donors (Lipinski definition) is 1. The zero-order valence-corrected chi connectivity index (χ0v) is 17.8. The van der Waals surface area contributed by atoms with E-state index in [0.29, 0.717) is 23.7 Å². The highest BCUT2D eigenvalue weighted by molar-refractivity contribution is 6.04. The average molecular weight is 415 g/mol. The van der Waals surface area contributed by atoms with Crippen molar-refractivity contribution in [3.05, 3.63) is 95.1 Å². The molecule has 0 saturated heterocycles. The number of aryl methyl sites for hydroxylation is 2. The van der Waals surface area contributed by atoms with Crippen molar-refractivity contribution in [1.29, 1.82) is 0 Å². The quantitative estimate of drug-likeness (QED) is 0.311. The van der Waals surface area contributed by atoms with Crippen LogP contribution in [0.4, 0.5) is 5.69 Å². The summed E-state index contributed by atoms with van der Waals surface area (Å²) in [4.78, 5) is 24.7. The van der Waals surface area contributed by atoms with Crippen molar-refractivity contribution >= 4 is 23.6 Å². The summed E-state index contributed by atoms with van der Waals surface area (Å²) in [6.45, 7) is 6.36. The van der Waals surface area contributed by atoms with Crippen LogP contribution in [0.15, 0.2) is 72.8 Å². The Morgan fingerprint density at radius 3 is 2.45 bits per heavy atom. The van der Waals surface area contributed by atoms with Gasteiger partial charge in [-0.3, -0.25) is 4.79 Å². The van der Waals surface area contributed by atoms with E-state index in [1.165, 1.54) is 6.08 Å². The molecule has 0 aliphatic rings. The number of anilines is 1. The number of amides is 1. The van der Waals surface area contributed by atoms with E-state index >= 15 is 0 Å². The van der Waals surface area contributed by atoms with E-state index < -0.39 is 5.97 Å². The Kier molecular flexibility index (Phi) is 7.22. The Hall–Kier alpha value is -3.86. The molecule has 0 fully saturated rings. The lowest BCUT2D eigenvalue weighted by Crippen LogP contribution is -2.13. The molecule has 3 rings (SSSR count). The monoisotopic (exact) mass is 415 g/mol. The summed E-state index contributed by atoms with van der Waals surface area (Å²) >= 11 is 0. The van der Waals surface area contributed by atoms with Crippen molar-refractivity contribution in [2.24, 2.45) is 0 Å². The van der Waals surface area contributed by atoms with Gasteiger partial charge in [-0.1, -0.05) is 30.3 Å². The van der Waals surface area contributed by atoms with Crippen LogP contribution in [0.25, 0.3) is 6.08 Å². The first-order valence-electron chi connectivity index (χ1n) is 10.1. The number of para-hydroxylation sites is 1. The summed E-state index contributed by atoms with van der Waals surface area (Å²) in [6, 6.07) is 19.8. The van der Waals surface area contributed by atoms with Crippen LogP contribution in [0, 0.1) is 13.8 Å². The Labute approximate surface area is 182 Å². The molecule has 3 aromatic carbocycles. The van der Waals surface area contributed by atoms with E-state index in [1.54, 1.807) is 30.3 Å². The molecule has 1 amide bonds. The number of ether oxygens (including phenoxy) is 2. The molecular weight excluding hydrogens is 390 g/mol. The molecule has 0 heterocycles. The standard InChI is InChI=1S/C26H25NO4/c1-4-30-24-8-6-5-7-20(24)13-16-25(28)31-22-14-11-21(12-15-22)26(29)27-23-17-18(2)9-10-19(23)3/h5-17H,4H2,1-3H3,(H,27,29)/b16-13+. The smallest absolute Gasteiger partial charge is 0.336 e. The SMILES string of the molecule is CCOc1ccccc1/C=C/C(=O)Oc1ccc(C(=O)Nc2cc(C)ccc2C)cc1. The van der Waals surface area contributed by atoms with Gasteiger partial charge in [-0.25, -0.2) is 4.79 Å². The lowest BCUT2D eigenvalue weighted by atomic mass is 10.1. The van der Waals surface area contributed by atoms with E-state index in [9.17, 15) is 9.59 Å². The Morgan fingerprint density at radius 1 is 0.968 bits per heavy atom. The van der Waals surface area contributed by atoms with Gasteiger partial charge in [-0.15, -0.1) is 0 Å². The molecule has 0 unspecified atom stereocenters. The minimum Gasteiger partial charge on any atom is -0.493 e. The molecule has 158 valence electrons. The topological polar surface area (TPSA) is 64.6 Å². The van der Waals surface area contributed by atoms with Crippen LogP contribution in [0.2, 0.25) is 0 Å². The molecule has 3 aromatic rings. The number of carbonyl (C=O) groups excluding carboxylic acids is 2. The number of benzene rings is 3. The molecular formula is C26H25NO4. The molecule has 0 aliphatic heterocycles. The summed E-state index contributed by atoms with van der Waals surface area (Å²) < 4.78 is 10.9. The van der Waals surface area contributed by atoms with Gasteiger partial charge in [0.25, 0.3) is 5.91 Å². The first kappa shape index (κ1) is 21.8. The fourth-order valence-electron chi connectivity index (χ4n) is 2.95. The third kappa shape index (κ3) is 6.06. The zero-order chi connectivity index (χ0) is 22.2. The van der Waals surface area contributed by atoms with Crippen LogP contribution in [0.1, 0.15) is 34.0 Å². The molecule has 0 bridgehead atoms. The Balaban J connectivity index is 1.62. The van der Waals surface area contributed by atoms with E-state index in [1.807, 2.05) is 63.2 Å². The molecule has 31 heavy (non-hydrogen) atoms. The highest BCUT2D eigenvalue weighted by Gasteiger charge is 2.09. The van der Waals surface area contributed by atoms with Crippen LogP contribution in [0.3, 0.4) is 0 Å². The van der Waals surface area contributed by atoms with Crippen LogP contribution >= 0.6 is 0 Å². The molecule has 0 spiro atoms. The van der Waals surface area contributed by atoms with E-state index in [-0.39, 0.29) is 5.91 Å². The van der Waals surface area contributed by atoms with E-state index in [4.69, 9.17) is 9.47 Å². The van der Waals surface area contributed by atoms with E-state index in [2.05, 4.69) is 5.32 Å². The van der Waals surface area contributed by atoms with Crippen molar-refractivity contribution in [1.82, 2.24) is 0 Å². The molecule has 1 N–H and O–H groups in total. The van der Waals surface area contributed by atoms with Crippen molar-refractivity contribution in [3.8, 4) is 11.5 Å². The molecule has 0 aliphatic carbocycles. The van der Waals surface area contributed by atoms with Gasteiger partial charge in [0.05, 0.1) is 6.61 Å². The maximum Gasteiger partial charge on any atom is 0.336 e. The van der Waals surface area contributed by atoms with Crippen molar-refractivity contribution in [2.45, 2.75) is 20.8 Å². The maximum atomic E-state index is 12.5. The first-order chi connectivity index (χ1) is 15.0. The van der Waals surface area contributed by atoms with Crippen LogP contribution < -0.4 is 14.8 Å². The van der Waals surface area contributed by atoms with Gasteiger partial charge in [0.1, 0.15) is 11.5 Å². The predicted molar refractivity (Wildman–Crippen MR) is 123 cm³/mol. The van der Waals surface area contributed by atoms with Crippen LogP contribution in [-0.4, -0.2) is 18.5 Å². The molecule has 5 nitrogen and oxygen atoms in total. The normalized spacial score (nSPS) is 10.7. The van der Waals surface area contributed by atoms with Crippen molar-refractivity contribution in [3.63, 3.8) is 0 Å². The van der Waals surface area contributed by atoms with Gasteiger partial charge >= 0.3 is 5.97 Å². The minimum atomic E-state index is -0.515. The second-order valence-electron chi connectivity index (χ2n) is 7.02. The van der Waals surface area contributed by atoms with E-state index in [0.717, 1.165) is 22.4 Å². The third-order valence-corrected chi connectivity index (χ3v) is 4.59. The number of hydrogen-bond acceptors (Lipinski definition) is 4. The Morgan fingerprint density at radius 2 is 1.71 bits per heavy atom. The summed E-state index contributed by atoms with van der Waals surface area (Å²) in [5.41, 5.74) is 4.10. The van der Waals surface area contributed by atoms with Gasteiger partial charge in [-0.05, 0) is 74.4 Å². The fraction of sp³-hybridized carbons (Fsp3) is 0.154.